The molecule has 0 aliphatic rings. The zero-order chi connectivity index (χ0) is 11.5. The SMILES string of the molecule is CC(C)CNCCCCCCCN(C)C.Cl. The van der Waals surface area contributed by atoms with Crippen molar-refractivity contribution in [3.05, 3.63) is 0 Å². The molecule has 0 fully saturated rings. The summed E-state index contributed by atoms with van der Waals surface area (Å²) < 4.78 is 0. The fourth-order valence-corrected chi connectivity index (χ4v) is 1.60. The molecule has 0 spiro atoms. The van der Waals surface area contributed by atoms with Gasteiger partial charge in [-0.05, 0) is 52.5 Å². The highest BCUT2D eigenvalue weighted by molar-refractivity contribution is 5.85. The maximum Gasteiger partial charge on any atom is -0.00248 e. The van der Waals surface area contributed by atoms with Gasteiger partial charge in [-0.25, -0.2) is 0 Å². The number of nitrogens with zero attached hydrogens (tertiary/aromatic N) is 1. The Morgan fingerprint density at radius 2 is 1.50 bits per heavy atom. The van der Waals surface area contributed by atoms with Gasteiger partial charge in [-0.1, -0.05) is 33.1 Å². The van der Waals surface area contributed by atoms with Gasteiger partial charge in [0.25, 0.3) is 0 Å². The molecular weight excluding hydrogens is 220 g/mol. The zero-order valence-corrected chi connectivity index (χ0v) is 12.4. The molecule has 0 aromatic carbocycles. The van der Waals surface area contributed by atoms with Gasteiger partial charge in [0.1, 0.15) is 0 Å². The van der Waals surface area contributed by atoms with Crippen molar-refractivity contribution in [3.63, 3.8) is 0 Å². The van der Waals surface area contributed by atoms with Crippen LogP contribution in [0.15, 0.2) is 0 Å². The number of nitrogens with one attached hydrogen (secondary N) is 1. The molecule has 0 aliphatic heterocycles. The molecule has 0 radical (unpaired) electrons. The lowest BCUT2D eigenvalue weighted by Crippen LogP contribution is -2.20. The predicted octanol–water partition coefficient (Wildman–Crippen LogP) is 3.17. The molecule has 0 saturated heterocycles. The molecule has 1 N–H and O–H groups in total. The van der Waals surface area contributed by atoms with Gasteiger partial charge in [0.05, 0.1) is 0 Å². The van der Waals surface area contributed by atoms with E-state index in [1.165, 1.54) is 51.7 Å². The summed E-state index contributed by atoms with van der Waals surface area (Å²) >= 11 is 0. The van der Waals surface area contributed by atoms with Crippen LogP contribution in [0.4, 0.5) is 0 Å². The van der Waals surface area contributed by atoms with E-state index < -0.39 is 0 Å². The van der Waals surface area contributed by atoms with Crippen LogP contribution in [0.5, 0.6) is 0 Å². The third-order valence-electron chi connectivity index (χ3n) is 2.51. The van der Waals surface area contributed by atoms with E-state index in [2.05, 4.69) is 38.2 Å². The fourth-order valence-electron chi connectivity index (χ4n) is 1.60. The summed E-state index contributed by atoms with van der Waals surface area (Å²) in [6.07, 6.45) is 6.87. The highest BCUT2D eigenvalue weighted by Gasteiger charge is 1.94. The Morgan fingerprint density at radius 3 is 2.06 bits per heavy atom. The number of rotatable bonds is 10. The third-order valence-corrected chi connectivity index (χ3v) is 2.51. The Bertz CT molecular complexity index is 113. The summed E-state index contributed by atoms with van der Waals surface area (Å²) in [7, 11) is 4.30. The lowest BCUT2D eigenvalue weighted by molar-refractivity contribution is 0.389. The molecule has 0 rings (SSSR count). The molecule has 0 aromatic rings. The van der Waals surface area contributed by atoms with Crippen LogP contribution in [0.3, 0.4) is 0 Å². The van der Waals surface area contributed by atoms with Gasteiger partial charge in [-0.15, -0.1) is 12.4 Å². The Morgan fingerprint density at radius 1 is 0.938 bits per heavy atom. The molecule has 2 nitrogen and oxygen atoms in total. The largest absolute Gasteiger partial charge is 0.316 e. The van der Waals surface area contributed by atoms with E-state index in [4.69, 9.17) is 0 Å². The summed E-state index contributed by atoms with van der Waals surface area (Å²) in [6.45, 7) is 8.13. The van der Waals surface area contributed by atoms with Gasteiger partial charge in [0.2, 0.25) is 0 Å². The first-order valence-electron chi connectivity index (χ1n) is 6.48. The van der Waals surface area contributed by atoms with E-state index in [0.717, 1.165) is 5.92 Å². The third kappa shape index (κ3) is 16.6. The Labute approximate surface area is 109 Å². The zero-order valence-electron chi connectivity index (χ0n) is 11.6. The van der Waals surface area contributed by atoms with Crippen molar-refractivity contribution in [1.82, 2.24) is 10.2 Å². The standard InChI is InChI=1S/C13H30N2.ClH/c1-13(2)12-14-10-8-6-5-7-9-11-15(3)4;/h13-14H,5-12H2,1-4H3;1H. The van der Waals surface area contributed by atoms with Gasteiger partial charge in [0.15, 0.2) is 0 Å². The summed E-state index contributed by atoms with van der Waals surface area (Å²) in [5, 5.41) is 3.49. The van der Waals surface area contributed by atoms with Crippen LogP contribution in [-0.2, 0) is 0 Å². The van der Waals surface area contributed by atoms with E-state index in [1.54, 1.807) is 0 Å². The maximum atomic E-state index is 3.49. The van der Waals surface area contributed by atoms with Crippen molar-refractivity contribution in [1.29, 1.82) is 0 Å². The van der Waals surface area contributed by atoms with Gasteiger partial charge in [-0.3, -0.25) is 0 Å². The van der Waals surface area contributed by atoms with Gasteiger partial charge in [-0.2, -0.15) is 0 Å². The summed E-state index contributed by atoms with van der Waals surface area (Å²) in [6, 6.07) is 0. The summed E-state index contributed by atoms with van der Waals surface area (Å²) in [5.41, 5.74) is 0. The molecule has 16 heavy (non-hydrogen) atoms. The molecule has 3 heteroatoms. The van der Waals surface area contributed by atoms with Crippen LogP contribution in [0.25, 0.3) is 0 Å². The van der Waals surface area contributed by atoms with E-state index in [9.17, 15) is 0 Å². The monoisotopic (exact) mass is 250 g/mol. The quantitative estimate of drug-likeness (QED) is 0.600. The smallest absolute Gasteiger partial charge is 0.00248 e. The Balaban J connectivity index is 0. The van der Waals surface area contributed by atoms with E-state index in [1.807, 2.05) is 0 Å². The summed E-state index contributed by atoms with van der Waals surface area (Å²) in [4.78, 5) is 2.27. The Kier molecular flexibility index (Phi) is 15.4. The molecule has 0 saturated carbocycles. The van der Waals surface area contributed by atoms with Crippen LogP contribution < -0.4 is 5.32 Å². The number of hydrogen-bond acceptors (Lipinski definition) is 2. The van der Waals surface area contributed by atoms with E-state index in [-0.39, 0.29) is 12.4 Å². The first-order chi connectivity index (χ1) is 7.13. The molecule has 0 bridgehead atoms. The maximum absolute atomic E-state index is 3.49. The topological polar surface area (TPSA) is 15.3 Å². The number of unbranched alkanes of at least 4 members (excludes halogenated alkanes) is 4. The van der Waals surface area contributed by atoms with Crippen molar-refractivity contribution in [2.45, 2.75) is 46.0 Å². The average molecular weight is 251 g/mol. The fraction of sp³-hybridized carbons (Fsp3) is 1.00. The minimum atomic E-state index is 0. The Hall–Kier alpha value is 0.210. The van der Waals surface area contributed by atoms with E-state index >= 15 is 0 Å². The molecule has 0 aliphatic carbocycles. The number of hydrogen-bond donors (Lipinski definition) is 1. The molecule has 0 heterocycles. The van der Waals surface area contributed by atoms with Crippen molar-refractivity contribution in [3.8, 4) is 0 Å². The predicted molar refractivity (Wildman–Crippen MR) is 76.6 cm³/mol. The van der Waals surface area contributed by atoms with Crippen LogP contribution in [0.1, 0.15) is 46.0 Å². The highest BCUT2D eigenvalue weighted by atomic mass is 35.5. The van der Waals surface area contributed by atoms with Crippen molar-refractivity contribution in [2.75, 3.05) is 33.7 Å². The van der Waals surface area contributed by atoms with Crippen LogP contribution >= 0.6 is 12.4 Å². The van der Waals surface area contributed by atoms with Crippen LogP contribution in [0.2, 0.25) is 0 Å². The van der Waals surface area contributed by atoms with Crippen LogP contribution in [0, 0.1) is 5.92 Å². The lowest BCUT2D eigenvalue weighted by atomic mass is 10.1. The van der Waals surface area contributed by atoms with Crippen molar-refractivity contribution >= 4 is 12.4 Å². The second-order valence-corrected chi connectivity index (χ2v) is 5.17. The minimum absolute atomic E-state index is 0. The van der Waals surface area contributed by atoms with Crippen LogP contribution in [-0.4, -0.2) is 38.6 Å². The normalized spacial score (nSPS) is 10.9. The molecule has 0 unspecified atom stereocenters. The number of halogens is 1. The molecule has 0 aromatic heterocycles. The van der Waals surface area contributed by atoms with Crippen molar-refractivity contribution in [2.24, 2.45) is 5.92 Å². The molecular formula is C13H31ClN2. The molecule has 100 valence electrons. The van der Waals surface area contributed by atoms with Crippen molar-refractivity contribution < 1.29 is 0 Å². The first kappa shape index (κ1) is 18.6. The molecule has 0 atom stereocenters. The lowest BCUT2D eigenvalue weighted by Gasteiger charge is -2.09. The van der Waals surface area contributed by atoms with Gasteiger partial charge >= 0.3 is 0 Å². The van der Waals surface area contributed by atoms with Gasteiger partial charge < -0.3 is 10.2 Å². The van der Waals surface area contributed by atoms with E-state index in [0.29, 0.717) is 0 Å². The first-order valence-corrected chi connectivity index (χ1v) is 6.48. The minimum Gasteiger partial charge on any atom is -0.316 e. The summed E-state index contributed by atoms with van der Waals surface area (Å²) in [5.74, 6) is 0.782. The second kappa shape index (κ2) is 13.3. The highest BCUT2D eigenvalue weighted by Crippen LogP contribution is 2.02. The second-order valence-electron chi connectivity index (χ2n) is 5.17. The van der Waals surface area contributed by atoms with Gasteiger partial charge in [0, 0.05) is 0 Å². The average Bonchev–Trinajstić information content (AvgIpc) is 2.14. The molecule has 0 amide bonds.